The lowest BCUT2D eigenvalue weighted by Gasteiger charge is -2.44. The predicted molar refractivity (Wildman–Crippen MR) is 122 cm³/mol. The molecule has 0 bridgehead atoms. The Morgan fingerprint density at radius 3 is 2.82 bits per heavy atom. The molecule has 1 amide bonds. The first-order chi connectivity index (χ1) is 16.1. The maximum atomic E-state index is 14.0. The fourth-order valence-corrected chi connectivity index (χ4v) is 5.02. The fourth-order valence-electron chi connectivity index (χ4n) is 5.02. The van der Waals surface area contributed by atoms with Crippen molar-refractivity contribution < 1.29 is 14.3 Å². The zero-order valence-corrected chi connectivity index (χ0v) is 18.1. The minimum atomic E-state index is -0.356. The SMILES string of the molecule is CN1c2ccc(C#Cc3ccccc3F)cc2[C@@H]2[C@@H](CCN2C(=O)c2cnccn2)[C@H]1CO. The Kier molecular flexibility index (Phi) is 5.53. The molecule has 5 rings (SSSR count). The van der Waals surface area contributed by atoms with Crippen LogP contribution < -0.4 is 4.90 Å². The second-order valence-corrected chi connectivity index (χ2v) is 8.35. The second-order valence-electron chi connectivity index (χ2n) is 8.35. The molecule has 1 aromatic heterocycles. The van der Waals surface area contributed by atoms with Crippen LogP contribution in [0.5, 0.6) is 0 Å². The maximum Gasteiger partial charge on any atom is 0.274 e. The fraction of sp³-hybridized carbons (Fsp3) is 0.269. The summed E-state index contributed by atoms with van der Waals surface area (Å²) in [6, 6.07) is 11.9. The first-order valence-electron chi connectivity index (χ1n) is 10.9. The number of aliphatic hydroxyl groups excluding tert-OH is 1. The molecule has 1 N–H and O–H groups in total. The molecule has 2 aromatic carbocycles. The lowest BCUT2D eigenvalue weighted by molar-refractivity contribution is 0.0687. The Morgan fingerprint density at radius 2 is 2.06 bits per heavy atom. The minimum absolute atomic E-state index is 0.000872. The van der Waals surface area contributed by atoms with Gasteiger partial charge in [-0.15, -0.1) is 0 Å². The van der Waals surface area contributed by atoms with Gasteiger partial charge in [0, 0.05) is 43.2 Å². The van der Waals surface area contributed by atoms with Gasteiger partial charge in [0.2, 0.25) is 0 Å². The highest BCUT2D eigenvalue weighted by Crippen LogP contribution is 2.49. The van der Waals surface area contributed by atoms with Crippen molar-refractivity contribution in [3.8, 4) is 11.8 Å². The number of likely N-dealkylation sites (tertiary alicyclic amines) is 1. The molecule has 166 valence electrons. The highest BCUT2D eigenvalue weighted by molar-refractivity contribution is 5.92. The van der Waals surface area contributed by atoms with Crippen LogP contribution in [-0.4, -0.2) is 52.1 Å². The van der Waals surface area contributed by atoms with E-state index in [4.69, 9.17) is 0 Å². The molecule has 33 heavy (non-hydrogen) atoms. The van der Waals surface area contributed by atoms with Crippen LogP contribution >= 0.6 is 0 Å². The lowest BCUT2D eigenvalue weighted by atomic mass is 9.81. The monoisotopic (exact) mass is 442 g/mol. The number of amides is 1. The van der Waals surface area contributed by atoms with Crippen LogP contribution in [0.2, 0.25) is 0 Å². The largest absolute Gasteiger partial charge is 0.394 e. The van der Waals surface area contributed by atoms with E-state index in [1.54, 1.807) is 18.2 Å². The van der Waals surface area contributed by atoms with Gasteiger partial charge in [0.05, 0.1) is 30.5 Å². The Bertz CT molecular complexity index is 1250. The van der Waals surface area contributed by atoms with Gasteiger partial charge in [-0.3, -0.25) is 9.78 Å². The number of fused-ring (bicyclic) bond motifs is 3. The van der Waals surface area contributed by atoms with Gasteiger partial charge in [0.15, 0.2) is 0 Å². The van der Waals surface area contributed by atoms with Crippen LogP contribution in [0.15, 0.2) is 61.1 Å². The van der Waals surface area contributed by atoms with E-state index >= 15 is 0 Å². The zero-order chi connectivity index (χ0) is 22.9. The van der Waals surface area contributed by atoms with E-state index in [9.17, 15) is 14.3 Å². The minimum Gasteiger partial charge on any atom is -0.394 e. The van der Waals surface area contributed by atoms with E-state index in [0.717, 1.165) is 23.2 Å². The van der Waals surface area contributed by atoms with Crippen LogP contribution in [0, 0.1) is 23.6 Å². The number of nitrogens with zero attached hydrogens (tertiary/aromatic N) is 4. The van der Waals surface area contributed by atoms with Gasteiger partial charge < -0.3 is 14.9 Å². The highest BCUT2D eigenvalue weighted by atomic mass is 19.1. The number of halogens is 1. The van der Waals surface area contributed by atoms with E-state index in [1.807, 2.05) is 30.1 Å². The van der Waals surface area contributed by atoms with Gasteiger partial charge in [0.25, 0.3) is 5.91 Å². The van der Waals surface area contributed by atoms with Crippen LogP contribution in [0.3, 0.4) is 0 Å². The molecule has 6 nitrogen and oxygen atoms in total. The molecule has 3 aromatic rings. The quantitative estimate of drug-likeness (QED) is 0.618. The van der Waals surface area contributed by atoms with Crippen molar-refractivity contribution >= 4 is 11.6 Å². The van der Waals surface area contributed by atoms with Crippen molar-refractivity contribution in [2.75, 3.05) is 25.1 Å². The van der Waals surface area contributed by atoms with E-state index < -0.39 is 0 Å². The summed E-state index contributed by atoms with van der Waals surface area (Å²) < 4.78 is 14.0. The summed E-state index contributed by atoms with van der Waals surface area (Å²) in [6.45, 7) is 0.568. The van der Waals surface area contributed by atoms with Crippen LogP contribution in [0.4, 0.5) is 10.1 Å². The number of likely N-dealkylation sites (N-methyl/N-ethyl adjacent to an activating group) is 1. The van der Waals surface area contributed by atoms with E-state index in [1.165, 1.54) is 24.7 Å². The molecule has 2 aliphatic heterocycles. The van der Waals surface area contributed by atoms with Crippen molar-refractivity contribution in [1.29, 1.82) is 0 Å². The average Bonchev–Trinajstić information content (AvgIpc) is 3.29. The lowest BCUT2D eigenvalue weighted by Crippen LogP contribution is -2.48. The molecule has 0 unspecified atom stereocenters. The summed E-state index contributed by atoms with van der Waals surface area (Å²) in [7, 11) is 1.97. The second kappa shape index (κ2) is 8.64. The van der Waals surface area contributed by atoms with E-state index in [-0.39, 0.29) is 36.3 Å². The summed E-state index contributed by atoms with van der Waals surface area (Å²) in [4.78, 5) is 25.4. The number of aliphatic hydroxyl groups is 1. The van der Waals surface area contributed by atoms with Crippen LogP contribution in [0.25, 0.3) is 0 Å². The highest BCUT2D eigenvalue weighted by Gasteiger charge is 2.48. The number of hydrogen-bond donors (Lipinski definition) is 1. The molecule has 7 heteroatoms. The number of rotatable bonds is 2. The molecule has 0 saturated carbocycles. The number of carbonyl (C=O) groups excluding carboxylic acids is 1. The molecular weight excluding hydrogens is 419 g/mol. The van der Waals surface area contributed by atoms with Gasteiger partial charge in [-0.05, 0) is 42.3 Å². The molecule has 1 saturated heterocycles. The molecule has 1 fully saturated rings. The van der Waals surface area contributed by atoms with Gasteiger partial charge >= 0.3 is 0 Å². The van der Waals surface area contributed by atoms with Crippen molar-refractivity contribution in [3.05, 3.63) is 89.3 Å². The molecule has 0 radical (unpaired) electrons. The Morgan fingerprint density at radius 1 is 1.21 bits per heavy atom. The normalized spacial score (nSPS) is 21.1. The van der Waals surface area contributed by atoms with Crippen molar-refractivity contribution in [2.24, 2.45) is 5.92 Å². The Hall–Kier alpha value is -3.76. The Balaban J connectivity index is 1.56. The number of aromatic nitrogens is 2. The number of anilines is 1. The first kappa shape index (κ1) is 21.1. The van der Waals surface area contributed by atoms with E-state index in [2.05, 4.69) is 26.7 Å². The van der Waals surface area contributed by atoms with E-state index in [0.29, 0.717) is 17.8 Å². The first-order valence-corrected chi connectivity index (χ1v) is 10.9. The topological polar surface area (TPSA) is 69.6 Å². The van der Waals surface area contributed by atoms with Gasteiger partial charge in [-0.25, -0.2) is 9.37 Å². The zero-order valence-electron chi connectivity index (χ0n) is 18.1. The number of benzene rings is 2. The summed E-state index contributed by atoms with van der Waals surface area (Å²) in [5.74, 6) is 5.51. The maximum absolute atomic E-state index is 14.0. The molecule has 3 heterocycles. The standard InChI is InChI=1S/C26H23FN4O2/c1-30-23-9-7-17(6-8-18-4-2-3-5-21(18)27)14-20(23)25-19(24(30)16-32)10-13-31(25)26(33)22-15-28-11-12-29-22/h2-5,7,9,11-12,14-15,19,24-25,32H,10,13,16H2,1H3/t19-,24+,25-/m0/s1. The summed E-state index contributed by atoms with van der Waals surface area (Å²) in [5, 5.41) is 10.1. The van der Waals surface area contributed by atoms with Gasteiger partial charge in [-0.2, -0.15) is 0 Å². The van der Waals surface area contributed by atoms with Crippen molar-refractivity contribution in [1.82, 2.24) is 14.9 Å². The van der Waals surface area contributed by atoms with Crippen molar-refractivity contribution in [3.63, 3.8) is 0 Å². The number of carbonyl (C=O) groups is 1. The third-order valence-electron chi connectivity index (χ3n) is 6.61. The van der Waals surface area contributed by atoms with Crippen LogP contribution in [0.1, 0.15) is 39.6 Å². The number of hydrogen-bond acceptors (Lipinski definition) is 5. The van der Waals surface area contributed by atoms with Crippen LogP contribution in [-0.2, 0) is 0 Å². The third kappa shape index (κ3) is 3.73. The summed E-state index contributed by atoms with van der Waals surface area (Å²) in [5.41, 5.74) is 3.30. The smallest absolute Gasteiger partial charge is 0.274 e. The molecule has 0 aliphatic carbocycles. The average molecular weight is 442 g/mol. The summed E-state index contributed by atoms with van der Waals surface area (Å²) in [6.07, 6.45) is 5.30. The molecule has 2 aliphatic rings. The van der Waals surface area contributed by atoms with Gasteiger partial charge in [-0.1, -0.05) is 24.0 Å². The molecule has 0 spiro atoms. The summed E-state index contributed by atoms with van der Waals surface area (Å²) >= 11 is 0. The van der Waals surface area contributed by atoms with Gasteiger partial charge in [0.1, 0.15) is 11.5 Å². The third-order valence-corrected chi connectivity index (χ3v) is 6.61. The molecular formula is C26H23FN4O2. The predicted octanol–water partition coefficient (Wildman–Crippen LogP) is 3.03. The van der Waals surface area contributed by atoms with Crippen molar-refractivity contribution in [2.45, 2.75) is 18.5 Å². The molecule has 3 atom stereocenters. The Labute approximate surface area is 191 Å².